The van der Waals surface area contributed by atoms with Gasteiger partial charge in [0.15, 0.2) is 0 Å². The summed E-state index contributed by atoms with van der Waals surface area (Å²) in [6.07, 6.45) is 12.4. The molecule has 1 rings (SSSR count). The smallest absolute Gasteiger partial charge is 0.220 e. The monoisotopic (exact) mass is 351 g/mol. The van der Waals surface area contributed by atoms with Crippen molar-refractivity contribution < 1.29 is 4.79 Å². The van der Waals surface area contributed by atoms with E-state index in [-0.39, 0.29) is 5.91 Å². The summed E-state index contributed by atoms with van der Waals surface area (Å²) in [6.45, 7) is 0.882. The first kappa shape index (κ1) is 15.3. The first-order valence-corrected chi connectivity index (χ1v) is 8.68. The molecule has 1 amide bonds. The van der Waals surface area contributed by atoms with Crippen LogP contribution in [0.4, 0.5) is 0 Å². The number of alkyl halides is 1. The van der Waals surface area contributed by atoms with Crippen LogP contribution in [0.15, 0.2) is 0 Å². The molecule has 0 unspecified atom stereocenters. The molecule has 17 heavy (non-hydrogen) atoms. The number of carbonyl (C=O) groups is 1. The fourth-order valence-electron chi connectivity index (χ4n) is 2.53. The van der Waals surface area contributed by atoms with Crippen LogP contribution in [-0.2, 0) is 4.79 Å². The van der Waals surface area contributed by atoms with Gasteiger partial charge in [-0.25, -0.2) is 0 Å². The molecule has 0 heterocycles. The van der Waals surface area contributed by atoms with Gasteiger partial charge in [-0.05, 0) is 36.0 Å². The number of hydrogen-bond acceptors (Lipinski definition) is 1. The molecule has 0 bridgehead atoms. The van der Waals surface area contributed by atoms with Gasteiger partial charge < -0.3 is 5.32 Å². The minimum atomic E-state index is 0.283. The van der Waals surface area contributed by atoms with Crippen molar-refractivity contribution in [3.63, 3.8) is 0 Å². The molecule has 1 saturated carbocycles. The van der Waals surface area contributed by atoms with E-state index >= 15 is 0 Å². The van der Waals surface area contributed by atoms with Gasteiger partial charge in [0.2, 0.25) is 5.91 Å². The van der Waals surface area contributed by atoms with E-state index in [1.807, 2.05) is 0 Å². The first-order chi connectivity index (χ1) is 8.33. The molecule has 2 nitrogen and oxygen atoms in total. The molecule has 1 N–H and O–H groups in total. The van der Waals surface area contributed by atoms with Gasteiger partial charge in [0.1, 0.15) is 0 Å². The Labute approximate surface area is 119 Å². The Morgan fingerprint density at radius 3 is 2.47 bits per heavy atom. The van der Waals surface area contributed by atoms with E-state index in [1.165, 1.54) is 55.8 Å². The lowest BCUT2D eigenvalue weighted by atomic mass is 9.87. The number of nitrogens with one attached hydrogen (secondary N) is 1. The number of carbonyl (C=O) groups excluding carboxylic acids is 1. The lowest BCUT2D eigenvalue weighted by molar-refractivity contribution is -0.122. The lowest BCUT2D eigenvalue weighted by Gasteiger charge is -2.20. The largest absolute Gasteiger partial charge is 0.356 e. The summed E-state index contributed by atoms with van der Waals surface area (Å²) in [6, 6.07) is 0. The second-order valence-electron chi connectivity index (χ2n) is 5.16. The molecule has 0 saturated heterocycles. The average molecular weight is 351 g/mol. The number of halogens is 1. The van der Waals surface area contributed by atoms with Gasteiger partial charge in [-0.1, -0.05) is 54.7 Å². The van der Waals surface area contributed by atoms with E-state index in [1.54, 1.807) is 0 Å². The summed E-state index contributed by atoms with van der Waals surface area (Å²) in [5, 5.41) is 3.07. The van der Waals surface area contributed by atoms with Crippen LogP contribution in [-0.4, -0.2) is 16.9 Å². The molecule has 0 atom stereocenters. The van der Waals surface area contributed by atoms with Crippen LogP contribution < -0.4 is 5.32 Å². The van der Waals surface area contributed by atoms with Gasteiger partial charge in [0.05, 0.1) is 0 Å². The summed E-state index contributed by atoms with van der Waals surface area (Å²) < 4.78 is 1.26. The van der Waals surface area contributed by atoms with Crippen molar-refractivity contribution in [2.24, 2.45) is 5.92 Å². The van der Waals surface area contributed by atoms with Gasteiger partial charge >= 0.3 is 0 Å². The number of unbranched alkanes of at least 4 members (excludes halogenated alkanes) is 3. The molecular weight excluding hydrogens is 325 g/mol. The SMILES string of the molecule is O=C(CC1CCCCC1)NCCCCCCI. The molecule has 0 spiro atoms. The summed E-state index contributed by atoms with van der Waals surface area (Å²) >= 11 is 2.42. The molecule has 0 aliphatic heterocycles. The van der Waals surface area contributed by atoms with E-state index in [2.05, 4.69) is 27.9 Å². The van der Waals surface area contributed by atoms with Crippen LogP contribution in [0.2, 0.25) is 0 Å². The van der Waals surface area contributed by atoms with Crippen LogP contribution in [0.3, 0.4) is 0 Å². The fraction of sp³-hybridized carbons (Fsp3) is 0.929. The van der Waals surface area contributed by atoms with Gasteiger partial charge in [-0.3, -0.25) is 4.79 Å². The zero-order valence-corrected chi connectivity index (χ0v) is 13.0. The molecule has 0 radical (unpaired) electrons. The highest BCUT2D eigenvalue weighted by atomic mass is 127. The Bertz CT molecular complexity index is 202. The minimum Gasteiger partial charge on any atom is -0.356 e. The Balaban J connectivity index is 1.93. The zero-order valence-electron chi connectivity index (χ0n) is 10.8. The normalized spacial score (nSPS) is 17.0. The molecule has 100 valence electrons. The van der Waals surface area contributed by atoms with Gasteiger partial charge in [-0.15, -0.1) is 0 Å². The molecule has 1 aliphatic rings. The van der Waals surface area contributed by atoms with E-state index in [0.717, 1.165) is 19.4 Å². The van der Waals surface area contributed by atoms with E-state index < -0.39 is 0 Å². The lowest BCUT2D eigenvalue weighted by Crippen LogP contribution is -2.27. The topological polar surface area (TPSA) is 29.1 Å². The van der Waals surface area contributed by atoms with Crippen molar-refractivity contribution in [3.05, 3.63) is 0 Å². The molecule has 3 heteroatoms. The Morgan fingerprint density at radius 1 is 1.06 bits per heavy atom. The van der Waals surface area contributed by atoms with Crippen LogP contribution in [0, 0.1) is 5.92 Å². The van der Waals surface area contributed by atoms with Gasteiger partial charge in [0.25, 0.3) is 0 Å². The summed E-state index contributed by atoms with van der Waals surface area (Å²) in [7, 11) is 0. The molecule has 0 aromatic heterocycles. The highest BCUT2D eigenvalue weighted by Gasteiger charge is 2.16. The van der Waals surface area contributed by atoms with Crippen molar-refractivity contribution >= 4 is 28.5 Å². The molecule has 1 fully saturated rings. The van der Waals surface area contributed by atoms with Crippen molar-refractivity contribution in [1.82, 2.24) is 5.32 Å². The van der Waals surface area contributed by atoms with Crippen molar-refractivity contribution in [2.75, 3.05) is 11.0 Å². The Kier molecular flexibility index (Phi) is 9.11. The molecule has 1 aliphatic carbocycles. The third-order valence-electron chi connectivity index (χ3n) is 3.58. The summed E-state index contributed by atoms with van der Waals surface area (Å²) in [4.78, 5) is 11.7. The van der Waals surface area contributed by atoms with E-state index in [0.29, 0.717) is 5.92 Å². The molecular formula is C14H26INO. The predicted molar refractivity (Wildman–Crippen MR) is 81.6 cm³/mol. The highest BCUT2D eigenvalue weighted by Crippen LogP contribution is 2.25. The second kappa shape index (κ2) is 10.2. The number of rotatable bonds is 8. The fourth-order valence-corrected chi connectivity index (χ4v) is 3.07. The summed E-state index contributed by atoms with van der Waals surface area (Å²) in [5.41, 5.74) is 0. The maximum absolute atomic E-state index is 11.7. The minimum absolute atomic E-state index is 0.283. The predicted octanol–water partition coefficient (Wildman–Crippen LogP) is 4.07. The van der Waals surface area contributed by atoms with Crippen LogP contribution in [0.1, 0.15) is 64.2 Å². The Morgan fingerprint density at radius 2 is 1.76 bits per heavy atom. The maximum atomic E-state index is 11.7. The average Bonchev–Trinajstić information content (AvgIpc) is 2.35. The van der Waals surface area contributed by atoms with Crippen molar-refractivity contribution in [3.8, 4) is 0 Å². The zero-order chi connectivity index (χ0) is 12.3. The van der Waals surface area contributed by atoms with Crippen LogP contribution in [0.5, 0.6) is 0 Å². The number of hydrogen-bond donors (Lipinski definition) is 1. The Hall–Kier alpha value is 0.200. The van der Waals surface area contributed by atoms with E-state index in [9.17, 15) is 4.79 Å². The first-order valence-electron chi connectivity index (χ1n) is 7.15. The third-order valence-corrected chi connectivity index (χ3v) is 4.34. The van der Waals surface area contributed by atoms with Gasteiger partial charge in [-0.2, -0.15) is 0 Å². The van der Waals surface area contributed by atoms with Gasteiger partial charge in [0, 0.05) is 13.0 Å². The number of amides is 1. The van der Waals surface area contributed by atoms with Crippen molar-refractivity contribution in [1.29, 1.82) is 0 Å². The maximum Gasteiger partial charge on any atom is 0.220 e. The highest BCUT2D eigenvalue weighted by molar-refractivity contribution is 14.1. The standard InChI is InChI=1S/C14H26INO/c15-10-6-1-2-7-11-16-14(17)12-13-8-4-3-5-9-13/h13H,1-12H2,(H,16,17). The third kappa shape index (κ3) is 8.01. The second-order valence-corrected chi connectivity index (χ2v) is 6.24. The summed E-state index contributed by atoms with van der Waals surface area (Å²) in [5.74, 6) is 0.952. The molecule has 0 aromatic rings. The van der Waals surface area contributed by atoms with Crippen molar-refractivity contribution in [2.45, 2.75) is 64.2 Å². The van der Waals surface area contributed by atoms with Crippen LogP contribution >= 0.6 is 22.6 Å². The quantitative estimate of drug-likeness (QED) is 0.399. The van der Waals surface area contributed by atoms with Crippen LogP contribution in [0.25, 0.3) is 0 Å². The van der Waals surface area contributed by atoms with E-state index in [4.69, 9.17) is 0 Å². The molecule has 0 aromatic carbocycles.